The highest BCUT2D eigenvalue weighted by Gasteiger charge is 2.24. The smallest absolute Gasteiger partial charge is 0.132 e. The third-order valence-corrected chi connectivity index (χ3v) is 4.58. The van der Waals surface area contributed by atoms with Gasteiger partial charge in [0, 0.05) is 30.9 Å². The van der Waals surface area contributed by atoms with E-state index < -0.39 is 0 Å². The lowest BCUT2D eigenvalue weighted by Crippen LogP contribution is -2.38. The molecule has 0 unspecified atom stereocenters. The minimum Gasteiger partial charge on any atom is -0.301 e. The van der Waals surface area contributed by atoms with Gasteiger partial charge < -0.3 is 4.90 Å². The molecule has 0 N–H and O–H groups in total. The van der Waals surface area contributed by atoms with Crippen LogP contribution in [0.15, 0.2) is 18.3 Å². The maximum Gasteiger partial charge on any atom is 0.132 e. The molecule has 118 valence electrons. The van der Waals surface area contributed by atoms with Crippen molar-refractivity contribution in [1.82, 2.24) is 24.6 Å². The summed E-state index contributed by atoms with van der Waals surface area (Å²) in [4.78, 5) is 12.1. The highest BCUT2D eigenvalue weighted by atomic mass is 15.3. The van der Waals surface area contributed by atoms with E-state index in [9.17, 15) is 0 Å². The molecule has 1 aliphatic heterocycles. The largest absolute Gasteiger partial charge is 0.301 e. The fraction of sp³-hybridized carbons (Fsp3) is 0.588. The number of aryl methyl sites for hydroxylation is 2. The molecular weight excluding hydrogens is 274 g/mol. The zero-order valence-electron chi connectivity index (χ0n) is 14.0. The molecule has 0 atom stereocenters. The molecule has 3 heterocycles. The number of piperidine rings is 1. The standard InChI is InChI=1S/C17H25N5/c1-12(2)22-9-6-14(7-10-22)17-19-13(3)11-15(20-17)16-5-8-18-21(16)4/h5,8,11-12,14H,6-7,9-10H2,1-4H3. The Morgan fingerprint density at radius 3 is 2.50 bits per heavy atom. The summed E-state index contributed by atoms with van der Waals surface area (Å²) in [5.74, 6) is 1.47. The fourth-order valence-corrected chi connectivity index (χ4v) is 3.20. The third-order valence-electron chi connectivity index (χ3n) is 4.58. The highest BCUT2D eigenvalue weighted by molar-refractivity contribution is 5.54. The van der Waals surface area contributed by atoms with Crippen LogP contribution in [0.3, 0.4) is 0 Å². The summed E-state index contributed by atoms with van der Waals surface area (Å²) in [6, 6.07) is 4.68. The Morgan fingerprint density at radius 1 is 1.18 bits per heavy atom. The van der Waals surface area contributed by atoms with Crippen molar-refractivity contribution in [2.45, 2.75) is 45.6 Å². The molecule has 1 aliphatic rings. The molecule has 22 heavy (non-hydrogen) atoms. The number of hydrogen-bond donors (Lipinski definition) is 0. The Labute approximate surface area is 132 Å². The van der Waals surface area contributed by atoms with Crippen LogP contribution in [0.2, 0.25) is 0 Å². The maximum absolute atomic E-state index is 4.84. The summed E-state index contributed by atoms with van der Waals surface area (Å²) in [6.07, 6.45) is 4.10. The molecular formula is C17H25N5. The van der Waals surface area contributed by atoms with Crippen LogP contribution in [0.5, 0.6) is 0 Å². The second-order valence-electron chi connectivity index (χ2n) is 6.50. The van der Waals surface area contributed by atoms with Crippen molar-refractivity contribution < 1.29 is 0 Å². The van der Waals surface area contributed by atoms with Crippen molar-refractivity contribution in [3.8, 4) is 11.4 Å². The third kappa shape index (κ3) is 3.04. The Morgan fingerprint density at radius 2 is 1.91 bits per heavy atom. The monoisotopic (exact) mass is 299 g/mol. The predicted molar refractivity (Wildman–Crippen MR) is 87.7 cm³/mol. The van der Waals surface area contributed by atoms with Crippen molar-refractivity contribution in [3.05, 3.63) is 29.8 Å². The fourth-order valence-electron chi connectivity index (χ4n) is 3.20. The van der Waals surface area contributed by atoms with E-state index in [4.69, 9.17) is 9.97 Å². The molecule has 5 heteroatoms. The van der Waals surface area contributed by atoms with Crippen LogP contribution in [0.4, 0.5) is 0 Å². The summed E-state index contributed by atoms with van der Waals surface area (Å²) < 4.78 is 1.87. The van der Waals surface area contributed by atoms with E-state index in [1.807, 2.05) is 37.0 Å². The van der Waals surface area contributed by atoms with E-state index in [0.717, 1.165) is 48.8 Å². The van der Waals surface area contributed by atoms with Gasteiger partial charge >= 0.3 is 0 Å². The molecule has 0 aliphatic carbocycles. The van der Waals surface area contributed by atoms with E-state index in [1.54, 1.807) is 0 Å². The molecule has 0 spiro atoms. The van der Waals surface area contributed by atoms with Crippen LogP contribution >= 0.6 is 0 Å². The molecule has 3 rings (SSSR count). The number of likely N-dealkylation sites (tertiary alicyclic amines) is 1. The van der Waals surface area contributed by atoms with E-state index >= 15 is 0 Å². The van der Waals surface area contributed by atoms with Gasteiger partial charge in [-0.05, 0) is 58.8 Å². The Balaban J connectivity index is 1.83. The molecule has 0 radical (unpaired) electrons. The molecule has 1 fully saturated rings. The zero-order valence-corrected chi connectivity index (χ0v) is 14.0. The van der Waals surface area contributed by atoms with Crippen molar-refractivity contribution >= 4 is 0 Å². The van der Waals surface area contributed by atoms with Crippen LogP contribution in [-0.2, 0) is 7.05 Å². The lowest BCUT2D eigenvalue weighted by Gasteiger charge is -2.34. The SMILES string of the molecule is Cc1cc(-c2ccnn2C)nc(C2CCN(C(C)C)CC2)n1. The van der Waals surface area contributed by atoms with Crippen LogP contribution < -0.4 is 0 Å². The molecule has 2 aromatic rings. The van der Waals surface area contributed by atoms with Gasteiger partial charge in [-0.2, -0.15) is 5.10 Å². The van der Waals surface area contributed by atoms with Crippen LogP contribution in [0, 0.1) is 6.92 Å². The predicted octanol–water partition coefficient (Wildman–Crippen LogP) is 2.77. The molecule has 0 aromatic carbocycles. The van der Waals surface area contributed by atoms with Gasteiger partial charge in [-0.1, -0.05) is 0 Å². The average Bonchev–Trinajstić information content (AvgIpc) is 2.93. The van der Waals surface area contributed by atoms with Crippen molar-refractivity contribution in [2.75, 3.05) is 13.1 Å². The van der Waals surface area contributed by atoms with Gasteiger partial charge in [-0.15, -0.1) is 0 Å². The van der Waals surface area contributed by atoms with Gasteiger partial charge in [0.25, 0.3) is 0 Å². The number of nitrogens with zero attached hydrogens (tertiary/aromatic N) is 5. The van der Waals surface area contributed by atoms with Crippen LogP contribution in [0.1, 0.15) is 44.1 Å². The molecule has 5 nitrogen and oxygen atoms in total. The van der Waals surface area contributed by atoms with E-state index in [0.29, 0.717) is 12.0 Å². The Hall–Kier alpha value is -1.75. The summed E-state index contributed by atoms with van der Waals surface area (Å²) in [6.45, 7) is 8.86. The molecule has 1 saturated heterocycles. The van der Waals surface area contributed by atoms with Gasteiger partial charge in [0.15, 0.2) is 0 Å². The average molecular weight is 299 g/mol. The minimum absolute atomic E-state index is 0.474. The van der Waals surface area contributed by atoms with Gasteiger partial charge in [0.2, 0.25) is 0 Å². The van der Waals surface area contributed by atoms with Crippen LogP contribution in [0.25, 0.3) is 11.4 Å². The number of aromatic nitrogens is 4. The first-order chi connectivity index (χ1) is 10.5. The van der Waals surface area contributed by atoms with Crippen molar-refractivity contribution in [3.63, 3.8) is 0 Å². The number of rotatable bonds is 3. The summed E-state index contributed by atoms with van der Waals surface area (Å²) >= 11 is 0. The second kappa shape index (κ2) is 6.16. The molecule has 2 aromatic heterocycles. The van der Waals surface area contributed by atoms with Crippen molar-refractivity contribution in [2.24, 2.45) is 7.05 Å². The summed E-state index contributed by atoms with van der Waals surface area (Å²) in [7, 11) is 1.95. The zero-order chi connectivity index (χ0) is 15.7. The maximum atomic E-state index is 4.84. The summed E-state index contributed by atoms with van der Waals surface area (Å²) in [5, 5.41) is 4.24. The molecule has 0 amide bonds. The molecule has 0 saturated carbocycles. The Bertz CT molecular complexity index is 638. The first kappa shape index (κ1) is 15.2. The summed E-state index contributed by atoms with van der Waals surface area (Å²) in [5.41, 5.74) is 3.06. The minimum atomic E-state index is 0.474. The van der Waals surface area contributed by atoms with Crippen molar-refractivity contribution in [1.29, 1.82) is 0 Å². The van der Waals surface area contributed by atoms with E-state index in [1.165, 1.54) is 0 Å². The normalized spacial score (nSPS) is 17.3. The number of hydrogen-bond acceptors (Lipinski definition) is 4. The van der Waals surface area contributed by atoms with E-state index in [-0.39, 0.29) is 0 Å². The van der Waals surface area contributed by atoms with Gasteiger partial charge in [0.05, 0.1) is 11.4 Å². The van der Waals surface area contributed by atoms with Gasteiger partial charge in [-0.25, -0.2) is 9.97 Å². The lowest BCUT2D eigenvalue weighted by atomic mass is 9.95. The topological polar surface area (TPSA) is 46.8 Å². The quantitative estimate of drug-likeness (QED) is 0.874. The van der Waals surface area contributed by atoms with Gasteiger partial charge in [-0.3, -0.25) is 4.68 Å². The molecule has 0 bridgehead atoms. The van der Waals surface area contributed by atoms with E-state index in [2.05, 4.69) is 23.8 Å². The second-order valence-corrected chi connectivity index (χ2v) is 6.50. The first-order valence-electron chi connectivity index (χ1n) is 8.12. The Kier molecular flexibility index (Phi) is 4.25. The first-order valence-corrected chi connectivity index (χ1v) is 8.12. The highest BCUT2D eigenvalue weighted by Crippen LogP contribution is 2.28. The van der Waals surface area contributed by atoms with Gasteiger partial charge in [0.1, 0.15) is 5.82 Å². The lowest BCUT2D eigenvalue weighted by molar-refractivity contribution is 0.169. The van der Waals surface area contributed by atoms with Crippen LogP contribution in [-0.4, -0.2) is 43.8 Å².